The zero-order chi connectivity index (χ0) is 34.4. The highest BCUT2D eigenvalue weighted by Crippen LogP contribution is 2.55. The fraction of sp³-hybridized carbons (Fsp3) is 0. The Hall–Kier alpha value is -6.41. The van der Waals surface area contributed by atoms with Crippen LogP contribution in [-0.2, 0) is 4.57 Å². The first-order chi connectivity index (χ1) is 25.7. The van der Waals surface area contributed by atoms with Crippen molar-refractivity contribution in [3.8, 4) is 33.6 Å². The molecule has 3 heterocycles. The minimum Gasteiger partial charge on any atom is -0.309 e. The maximum absolute atomic E-state index is 15.9. The highest BCUT2D eigenvalue weighted by molar-refractivity contribution is 7.86. The molecule has 8 aromatic carbocycles. The lowest BCUT2D eigenvalue weighted by atomic mass is 10.0. The van der Waals surface area contributed by atoms with Crippen molar-refractivity contribution >= 4 is 66.7 Å². The van der Waals surface area contributed by atoms with Gasteiger partial charge in [0.25, 0.3) is 0 Å². The van der Waals surface area contributed by atoms with Crippen molar-refractivity contribution in [3.63, 3.8) is 0 Å². The fourth-order valence-electron chi connectivity index (χ4n) is 8.66. The van der Waals surface area contributed by atoms with Gasteiger partial charge in [0.2, 0.25) is 0 Å². The number of rotatable bonds is 4. The summed E-state index contributed by atoms with van der Waals surface area (Å²) in [6.45, 7) is 0. The van der Waals surface area contributed by atoms with Crippen molar-refractivity contribution in [1.29, 1.82) is 0 Å². The Morgan fingerprint density at radius 1 is 0.385 bits per heavy atom. The molecule has 0 amide bonds. The molecule has 0 fully saturated rings. The van der Waals surface area contributed by atoms with E-state index in [9.17, 15) is 0 Å². The van der Waals surface area contributed by atoms with E-state index >= 15 is 4.57 Å². The second-order valence-electron chi connectivity index (χ2n) is 13.6. The number of hydrogen-bond donors (Lipinski definition) is 0. The standard InChI is InChI=1S/C48H31N2OP/c51-52(36-15-5-2-6-16-36)46-22-12-9-19-40(46)42-30-29-41-38-18-8-11-21-44(38)50(47(41)48(42)52)35-26-23-32(24-27-35)33-25-28-39-37-17-7-10-20-43(37)49(45(39)31-33)34-13-3-1-4-14-34/h1-31H. The van der Waals surface area contributed by atoms with Crippen LogP contribution in [0.4, 0.5) is 0 Å². The first-order valence-corrected chi connectivity index (χ1v) is 19.4. The molecule has 10 aromatic rings. The Bertz CT molecular complexity index is 3080. The van der Waals surface area contributed by atoms with E-state index < -0.39 is 7.14 Å². The maximum atomic E-state index is 15.9. The van der Waals surface area contributed by atoms with Gasteiger partial charge in [0.15, 0.2) is 7.14 Å². The summed E-state index contributed by atoms with van der Waals surface area (Å²) >= 11 is 0. The molecule has 0 N–H and O–H groups in total. The highest BCUT2D eigenvalue weighted by atomic mass is 31.2. The van der Waals surface area contributed by atoms with Crippen LogP contribution in [0.3, 0.4) is 0 Å². The normalized spacial score (nSPS) is 15.1. The van der Waals surface area contributed by atoms with E-state index in [1.807, 2.05) is 36.4 Å². The van der Waals surface area contributed by atoms with Gasteiger partial charge in [-0.3, -0.25) is 0 Å². The number of para-hydroxylation sites is 3. The summed E-state index contributed by atoms with van der Waals surface area (Å²) in [7, 11) is -3.20. The second-order valence-corrected chi connectivity index (χ2v) is 16.3. The Morgan fingerprint density at radius 2 is 0.942 bits per heavy atom. The summed E-state index contributed by atoms with van der Waals surface area (Å²) in [6.07, 6.45) is 0. The van der Waals surface area contributed by atoms with Gasteiger partial charge >= 0.3 is 0 Å². The van der Waals surface area contributed by atoms with E-state index in [1.165, 1.54) is 21.8 Å². The number of benzene rings is 8. The van der Waals surface area contributed by atoms with E-state index in [2.05, 4.69) is 161 Å². The van der Waals surface area contributed by atoms with Crippen molar-refractivity contribution in [2.75, 3.05) is 0 Å². The molecule has 0 saturated carbocycles. The van der Waals surface area contributed by atoms with Gasteiger partial charge in [-0.25, -0.2) is 0 Å². The summed E-state index contributed by atoms with van der Waals surface area (Å²) in [5.74, 6) is 0. The van der Waals surface area contributed by atoms with Crippen LogP contribution in [0.25, 0.3) is 77.2 Å². The average Bonchev–Trinajstić information content (AvgIpc) is 3.82. The summed E-state index contributed by atoms with van der Waals surface area (Å²) in [5.41, 5.74) is 11.1. The van der Waals surface area contributed by atoms with E-state index in [0.29, 0.717) is 0 Å². The quantitative estimate of drug-likeness (QED) is 0.170. The zero-order valence-corrected chi connectivity index (χ0v) is 29.0. The van der Waals surface area contributed by atoms with Crippen LogP contribution in [0.1, 0.15) is 0 Å². The predicted octanol–water partition coefficient (Wildman–Crippen LogP) is 11.2. The molecule has 1 aliphatic rings. The molecule has 0 spiro atoms. The first kappa shape index (κ1) is 29.3. The molecule has 11 rings (SSSR count). The molecular formula is C48H31N2OP. The second kappa shape index (κ2) is 11.0. The summed E-state index contributed by atoms with van der Waals surface area (Å²) in [4.78, 5) is 0. The van der Waals surface area contributed by atoms with Gasteiger partial charge in [0.1, 0.15) is 0 Å². The zero-order valence-electron chi connectivity index (χ0n) is 28.1. The van der Waals surface area contributed by atoms with E-state index in [4.69, 9.17) is 0 Å². The minimum absolute atomic E-state index is 0.865. The molecule has 0 aliphatic carbocycles. The molecule has 0 bridgehead atoms. The van der Waals surface area contributed by atoms with Crippen LogP contribution in [0, 0.1) is 0 Å². The largest absolute Gasteiger partial charge is 0.309 e. The number of nitrogens with zero attached hydrogens (tertiary/aromatic N) is 2. The molecule has 0 saturated heterocycles. The third kappa shape index (κ3) is 4.00. The summed E-state index contributed by atoms with van der Waals surface area (Å²) in [5, 5.41) is 7.46. The number of aromatic nitrogens is 2. The third-order valence-corrected chi connectivity index (χ3v) is 14.1. The fourth-order valence-corrected chi connectivity index (χ4v) is 11.9. The lowest BCUT2D eigenvalue weighted by Gasteiger charge is -2.18. The van der Waals surface area contributed by atoms with Crippen molar-refractivity contribution in [3.05, 3.63) is 188 Å². The van der Waals surface area contributed by atoms with Crippen molar-refractivity contribution in [2.24, 2.45) is 0 Å². The predicted molar refractivity (Wildman–Crippen MR) is 219 cm³/mol. The van der Waals surface area contributed by atoms with E-state index in [-0.39, 0.29) is 0 Å². The van der Waals surface area contributed by atoms with Gasteiger partial charge in [0.05, 0.1) is 27.4 Å². The molecule has 1 aliphatic heterocycles. The van der Waals surface area contributed by atoms with Gasteiger partial charge in [-0.2, -0.15) is 0 Å². The molecule has 244 valence electrons. The van der Waals surface area contributed by atoms with Gasteiger partial charge in [-0.1, -0.05) is 146 Å². The van der Waals surface area contributed by atoms with Crippen molar-refractivity contribution in [1.82, 2.24) is 9.13 Å². The van der Waals surface area contributed by atoms with Crippen LogP contribution in [-0.4, -0.2) is 9.13 Å². The molecule has 1 unspecified atom stereocenters. The summed E-state index contributed by atoms with van der Waals surface area (Å²) < 4.78 is 20.6. The Labute approximate surface area is 301 Å². The van der Waals surface area contributed by atoms with Crippen molar-refractivity contribution in [2.45, 2.75) is 0 Å². The lowest BCUT2D eigenvalue weighted by Crippen LogP contribution is -2.22. The van der Waals surface area contributed by atoms with Crippen molar-refractivity contribution < 1.29 is 4.57 Å². The van der Waals surface area contributed by atoms with Crippen LogP contribution < -0.4 is 15.9 Å². The van der Waals surface area contributed by atoms with Gasteiger partial charge in [-0.15, -0.1) is 0 Å². The van der Waals surface area contributed by atoms with E-state index in [1.54, 1.807) is 0 Å². The van der Waals surface area contributed by atoms with Crippen LogP contribution in [0.15, 0.2) is 188 Å². The Kier molecular flexibility index (Phi) is 6.23. The van der Waals surface area contributed by atoms with Gasteiger partial charge < -0.3 is 13.7 Å². The van der Waals surface area contributed by atoms with Gasteiger partial charge in [-0.05, 0) is 64.7 Å². The number of fused-ring (bicyclic) bond motifs is 10. The number of hydrogen-bond acceptors (Lipinski definition) is 1. The highest BCUT2D eigenvalue weighted by Gasteiger charge is 2.42. The third-order valence-electron chi connectivity index (χ3n) is 10.9. The molecule has 4 heteroatoms. The molecule has 2 aromatic heterocycles. The molecular weight excluding hydrogens is 652 g/mol. The topological polar surface area (TPSA) is 26.9 Å². The first-order valence-electron chi connectivity index (χ1n) is 17.7. The monoisotopic (exact) mass is 682 g/mol. The van der Waals surface area contributed by atoms with Gasteiger partial charge in [0, 0.05) is 43.5 Å². The van der Waals surface area contributed by atoms with Crippen LogP contribution in [0.2, 0.25) is 0 Å². The Balaban J connectivity index is 1.13. The van der Waals surface area contributed by atoms with E-state index in [0.717, 1.165) is 71.3 Å². The maximum Gasteiger partial charge on any atom is 0.174 e. The lowest BCUT2D eigenvalue weighted by molar-refractivity contribution is 0.593. The minimum atomic E-state index is -3.20. The smallest absolute Gasteiger partial charge is 0.174 e. The molecule has 1 atom stereocenters. The SMILES string of the molecule is O=P1(c2ccccc2)c2ccccc2-c2ccc3c4ccccc4n(-c4ccc(-c5ccc6c7ccccc7n(-c7ccccc7)c6c5)cc4)c3c21. The average molecular weight is 683 g/mol. The summed E-state index contributed by atoms with van der Waals surface area (Å²) in [6, 6.07) is 66.2. The van der Waals surface area contributed by atoms with Crippen LogP contribution >= 0.6 is 7.14 Å². The molecule has 52 heavy (non-hydrogen) atoms. The molecule has 3 nitrogen and oxygen atoms in total. The Morgan fingerprint density at radius 3 is 1.71 bits per heavy atom. The van der Waals surface area contributed by atoms with Crippen LogP contribution in [0.5, 0.6) is 0 Å². The molecule has 0 radical (unpaired) electrons.